The highest BCUT2D eigenvalue weighted by Crippen LogP contribution is 2.37. The summed E-state index contributed by atoms with van der Waals surface area (Å²) < 4.78 is 25.3. The molecule has 0 saturated carbocycles. The lowest BCUT2D eigenvalue weighted by Gasteiger charge is -2.02. The van der Waals surface area contributed by atoms with Crippen LogP contribution in [0, 0.1) is 0 Å². The maximum atomic E-state index is 12.8. The van der Waals surface area contributed by atoms with Crippen LogP contribution in [0.15, 0.2) is 45.8 Å². The van der Waals surface area contributed by atoms with Crippen LogP contribution in [0.2, 0.25) is 0 Å². The van der Waals surface area contributed by atoms with Crippen molar-refractivity contribution in [3.05, 3.63) is 47.0 Å². The maximum Gasteiger partial charge on any atom is 0.315 e. The minimum atomic E-state index is -0.433. The molecule has 29 heavy (non-hydrogen) atoms. The molecule has 5 rings (SSSR count). The van der Waals surface area contributed by atoms with Crippen molar-refractivity contribution < 1.29 is 23.4 Å². The molecular formula is C21H18N2O5S. The van der Waals surface area contributed by atoms with Gasteiger partial charge >= 0.3 is 5.91 Å². The Labute approximate surface area is 169 Å². The van der Waals surface area contributed by atoms with Crippen LogP contribution in [-0.4, -0.2) is 23.9 Å². The SMILES string of the molecule is CCOc1cccc2cc(C(=O)N=c3sc4cc5c(cc4n3CC)OCO5)oc12. The number of amides is 1. The third-order valence-electron chi connectivity index (χ3n) is 4.71. The average Bonchev–Trinajstić information content (AvgIpc) is 3.42. The standard InChI is InChI=1S/C21H18N2O5S/c1-3-23-13-9-15-16(27-11-26-15)10-18(13)29-21(23)22-20(24)17-8-12-6-5-7-14(25-4-2)19(12)28-17/h5-10H,3-4,11H2,1-2H3. The molecule has 4 aromatic rings. The molecule has 0 bridgehead atoms. The van der Waals surface area contributed by atoms with E-state index >= 15 is 0 Å². The molecule has 0 N–H and O–H groups in total. The quantitative estimate of drug-likeness (QED) is 0.500. The number of rotatable bonds is 4. The van der Waals surface area contributed by atoms with E-state index in [1.807, 2.05) is 48.7 Å². The molecule has 148 valence electrons. The van der Waals surface area contributed by atoms with Gasteiger partial charge in [-0.3, -0.25) is 4.79 Å². The van der Waals surface area contributed by atoms with Crippen molar-refractivity contribution in [3.8, 4) is 17.2 Å². The van der Waals surface area contributed by atoms with Crippen molar-refractivity contribution in [3.63, 3.8) is 0 Å². The molecule has 2 aromatic carbocycles. The molecule has 0 spiro atoms. The van der Waals surface area contributed by atoms with Gasteiger partial charge in [-0.2, -0.15) is 4.99 Å². The summed E-state index contributed by atoms with van der Waals surface area (Å²) in [4.78, 5) is 17.8. The summed E-state index contributed by atoms with van der Waals surface area (Å²) in [5.74, 6) is 1.78. The zero-order valence-corrected chi connectivity index (χ0v) is 16.7. The van der Waals surface area contributed by atoms with E-state index in [0.717, 1.165) is 15.6 Å². The number of para-hydroxylation sites is 1. The van der Waals surface area contributed by atoms with Gasteiger partial charge in [0.2, 0.25) is 6.79 Å². The second kappa shape index (κ2) is 6.97. The van der Waals surface area contributed by atoms with Crippen LogP contribution in [0.4, 0.5) is 0 Å². The van der Waals surface area contributed by atoms with Crippen LogP contribution in [0.3, 0.4) is 0 Å². The molecule has 1 amide bonds. The Balaban J connectivity index is 1.60. The van der Waals surface area contributed by atoms with Gasteiger partial charge in [-0.05, 0) is 26.0 Å². The van der Waals surface area contributed by atoms with E-state index in [1.165, 1.54) is 11.3 Å². The summed E-state index contributed by atoms with van der Waals surface area (Å²) >= 11 is 1.43. The molecule has 7 nitrogen and oxygen atoms in total. The number of benzene rings is 2. The number of hydrogen-bond acceptors (Lipinski definition) is 6. The highest BCUT2D eigenvalue weighted by molar-refractivity contribution is 7.16. The number of carbonyl (C=O) groups is 1. The summed E-state index contributed by atoms with van der Waals surface area (Å²) in [6, 6.07) is 11.1. The second-order valence-corrected chi connectivity index (χ2v) is 7.45. The highest BCUT2D eigenvalue weighted by atomic mass is 32.1. The first-order chi connectivity index (χ1) is 14.2. The van der Waals surface area contributed by atoms with E-state index in [4.69, 9.17) is 18.6 Å². The lowest BCUT2D eigenvalue weighted by atomic mass is 10.2. The Kier molecular flexibility index (Phi) is 4.28. The van der Waals surface area contributed by atoms with Crippen LogP contribution < -0.4 is 19.0 Å². The lowest BCUT2D eigenvalue weighted by Crippen LogP contribution is -2.15. The smallest absolute Gasteiger partial charge is 0.315 e. The molecular weight excluding hydrogens is 392 g/mol. The van der Waals surface area contributed by atoms with Gasteiger partial charge in [0.05, 0.1) is 16.8 Å². The molecule has 1 aliphatic rings. The Morgan fingerprint density at radius 1 is 1.21 bits per heavy atom. The number of thiazole rings is 1. The Hall–Kier alpha value is -3.26. The van der Waals surface area contributed by atoms with Crippen LogP contribution in [-0.2, 0) is 6.54 Å². The molecule has 0 fully saturated rings. The first-order valence-corrected chi connectivity index (χ1v) is 10.2. The van der Waals surface area contributed by atoms with E-state index in [2.05, 4.69) is 4.99 Å². The topological polar surface area (TPSA) is 75.2 Å². The Morgan fingerprint density at radius 2 is 2.03 bits per heavy atom. The number of nitrogens with zero attached hydrogens (tertiary/aromatic N) is 2. The summed E-state index contributed by atoms with van der Waals surface area (Å²) in [6.45, 7) is 5.32. The molecule has 0 saturated heterocycles. The predicted octanol–water partition coefficient (Wildman–Crippen LogP) is 4.34. The van der Waals surface area contributed by atoms with Gasteiger partial charge in [0.1, 0.15) is 0 Å². The zero-order valence-electron chi connectivity index (χ0n) is 15.9. The van der Waals surface area contributed by atoms with Gasteiger partial charge in [-0.15, -0.1) is 0 Å². The predicted molar refractivity (Wildman–Crippen MR) is 109 cm³/mol. The molecule has 0 atom stereocenters. The first kappa shape index (κ1) is 17.8. The van der Waals surface area contributed by atoms with Crippen molar-refractivity contribution in [2.24, 2.45) is 4.99 Å². The number of aryl methyl sites for hydroxylation is 1. The maximum absolute atomic E-state index is 12.8. The minimum absolute atomic E-state index is 0.182. The van der Waals surface area contributed by atoms with Gasteiger partial charge in [0.25, 0.3) is 0 Å². The first-order valence-electron chi connectivity index (χ1n) is 9.35. The van der Waals surface area contributed by atoms with E-state index in [-0.39, 0.29) is 12.6 Å². The van der Waals surface area contributed by atoms with E-state index < -0.39 is 5.91 Å². The van der Waals surface area contributed by atoms with Crippen LogP contribution in [0.5, 0.6) is 17.2 Å². The van der Waals surface area contributed by atoms with E-state index in [0.29, 0.717) is 40.8 Å². The fourth-order valence-corrected chi connectivity index (χ4v) is 4.51. The number of ether oxygens (including phenoxy) is 3. The minimum Gasteiger partial charge on any atom is -0.490 e. The van der Waals surface area contributed by atoms with Gasteiger partial charge < -0.3 is 23.2 Å². The van der Waals surface area contributed by atoms with Crippen molar-refractivity contribution in [2.45, 2.75) is 20.4 Å². The molecule has 8 heteroatoms. The van der Waals surface area contributed by atoms with Crippen LogP contribution in [0.1, 0.15) is 24.4 Å². The van der Waals surface area contributed by atoms with Crippen LogP contribution >= 0.6 is 11.3 Å². The van der Waals surface area contributed by atoms with Crippen molar-refractivity contribution >= 4 is 38.4 Å². The molecule has 0 unspecified atom stereocenters. The monoisotopic (exact) mass is 410 g/mol. The van der Waals surface area contributed by atoms with Crippen LogP contribution in [0.25, 0.3) is 21.2 Å². The molecule has 1 aliphatic heterocycles. The summed E-state index contributed by atoms with van der Waals surface area (Å²) in [5.41, 5.74) is 1.51. The van der Waals surface area contributed by atoms with Gasteiger partial charge in [0.15, 0.2) is 33.4 Å². The van der Waals surface area contributed by atoms with Gasteiger partial charge in [0, 0.05) is 24.1 Å². The molecule has 0 aliphatic carbocycles. The second-order valence-electron chi connectivity index (χ2n) is 6.44. The lowest BCUT2D eigenvalue weighted by molar-refractivity contribution is 0.0973. The number of furan rings is 1. The molecule has 2 aromatic heterocycles. The normalized spacial score (nSPS) is 13.5. The molecule has 3 heterocycles. The largest absolute Gasteiger partial charge is 0.490 e. The number of fused-ring (bicyclic) bond motifs is 3. The Bertz CT molecular complexity index is 1310. The number of carbonyl (C=O) groups excluding carboxylic acids is 1. The molecule has 0 radical (unpaired) electrons. The third-order valence-corrected chi connectivity index (χ3v) is 5.75. The summed E-state index contributed by atoms with van der Waals surface area (Å²) in [6.07, 6.45) is 0. The van der Waals surface area contributed by atoms with Crippen molar-refractivity contribution in [1.29, 1.82) is 0 Å². The van der Waals surface area contributed by atoms with Gasteiger partial charge in [-0.25, -0.2) is 0 Å². The highest BCUT2D eigenvalue weighted by Gasteiger charge is 2.19. The fourth-order valence-electron chi connectivity index (χ4n) is 3.40. The van der Waals surface area contributed by atoms with E-state index in [9.17, 15) is 4.79 Å². The fraction of sp³-hybridized carbons (Fsp3) is 0.238. The summed E-state index contributed by atoms with van der Waals surface area (Å²) in [5, 5.41) is 0.805. The van der Waals surface area contributed by atoms with Gasteiger partial charge in [-0.1, -0.05) is 23.5 Å². The third kappa shape index (κ3) is 2.96. The zero-order chi connectivity index (χ0) is 20.0. The average molecular weight is 410 g/mol. The Morgan fingerprint density at radius 3 is 2.83 bits per heavy atom. The van der Waals surface area contributed by atoms with Crippen molar-refractivity contribution in [1.82, 2.24) is 4.57 Å². The number of aromatic nitrogens is 1. The van der Waals surface area contributed by atoms with Crippen molar-refractivity contribution in [2.75, 3.05) is 13.4 Å². The van der Waals surface area contributed by atoms with E-state index in [1.54, 1.807) is 6.07 Å². The number of hydrogen-bond donors (Lipinski definition) is 0. The summed E-state index contributed by atoms with van der Waals surface area (Å²) in [7, 11) is 0.